The van der Waals surface area contributed by atoms with E-state index in [9.17, 15) is 9.59 Å². The predicted octanol–water partition coefficient (Wildman–Crippen LogP) is 0.934. The zero-order valence-electron chi connectivity index (χ0n) is 13.2. The molecule has 1 aliphatic carbocycles. The van der Waals surface area contributed by atoms with Gasteiger partial charge in [0.1, 0.15) is 0 Å². The molecule has 0 aromatic carbocycles. The molecule has 0 bridgehead atoms. The number of nitrogens with zero attached hydrogens (tertiary/aromatic N) is 4. The molecule has 3 aliphatic rings. The van der Waals surface area contributed by atoms with E-state index in [1.165, 1.54) is 18.5 Å². The van der Waals surface area contributed by atoms with Crippen LogP contribution >= 0.6 is 0 Å². The molecule has 1 saturated carbocycles. The van der Waals surface area contributed by atoms with Gasteiger partial charge in [-0.25, -0.2) is 4.79 Å². The van der Waals surface area contributed by atoms with E-state index in [4.69, 9.17) is 5.73 Å². The minimum atomic E-state index is -0.306. The van der Waals surface area contributed by atoms with E-state index in [2.05, 4.69) is 15.8 Å². The second-order valence-electron chi connectivity index (χ2n) is 6.98. The van der Waals surface area contributed by atoms with Gasteiger partial charge in [-0.1, -0.05) is 0 Å². The fourth-order valence-electron chi connectivity index (χ4n) is 3.65. The van der Waals surface area contributed by atoms with Crippen molar-refractivity contribution in [2.75, 3.05) is 26.2 Å². The van der Waals surface area contributed by atoms with Crippen molar-refractivity contribution in [3.8, 4) is 0 Å². The first-order valence-electron chi connectivity index (χ1n) is 8.50. The number of piperidine rings is 1. The van der Waals surface area contributed by atoms with Gasteiger partial charge in [0.25, 0.3) is 0 Å². The van der Waals surface area contributed by atoms with Crippen molar-refractivity contribution in [1.29, 1.82) is 0 Å². The minimum Gasteiger partial charge on any atom is -0.369 e. The van der Waals surface area contributed by atoms with Crippen molar-refractivity contribution in [2.24, 2.45) is 11.7 Å². The number of nitrogens with two attached hydrogens (primary N) is 1. The van der Waals surface area contributed by atoms with E-state index in [-0.39, 0.29) is 17.9 Å². The quantitative estimate of drug-likeness (QED) is 0.900. The van der Waals surface area contributed by atoms with Crippen LogP contribution in [0.3, 0.4) is 0 Å². The Morgan fingerprint density at radius 3 is 2.39 bits per heavy atom. The summed E-state index contributed by atoms with van der Waals surface area (Å²) < 4.78 is 2.19. The number of rotatable bonds is 3. The molecule has 124 valence electrons. The topological polar surface area (TPSA) is 84.5 Å². The molecule has 1 aromatic heterocycles. The van der Waals surface area contributed by atoms with Crippen LogP contribution in [0, 0.1) is 5.92 Å². The Morgan fingerprint density at radius 1 is 1.09 bits per heavy atom. The first-order chi connectivity index (χ1) is 11.1. The molecule has 23 heavy (non-hydrogen) atoms. The highest BCUT2D eigenvalue weighted by atomic mass is 16.2. The van der Waals surface area contributed by atoms with Crippen molar-refractivity contribution in [3.05, 3.63) is 18.0 Å². The summed E-state index contributed by atoms with van der Waals surface area (Å²) in [6, 6.07) is 2.59. The molecular weight excluding hydrogens is 294 g/mol. The molecule has 0 radical (unpaired) electrons. The van der Waals surface area contributed by atoms with Crippen LogP contribution < -0.4 is 5.73 Å². The SMILES string of the molecule is NC(=O)C1CN(C(=O)N2CCC(n3nccc3C3CC3)CC2)C1. The zero-order valence-corrected chi connectivity index (χ0v) is 13.2. The highest BCUT2D eigenvalue weighted by Gasteiger charge is 2.38. The van der Waals surface area contributed by atoms with E-state index in [0.29, 0.717) is 25.0 Å². The fraction of sp³-hybridized carbons (Fsp3) is 0.688. The average molecular weight is 317 g/mol. The molecule has 4 rings (SSSR count). The average Bonchev–Trinajstić information content (AvgIpc) is 3.22. The smallest absolute Gasteiger partial charge is 0.320 e. The Kier molecular flexibility index (Phi) is 3.50. The number of amides is 3. The van der Waals surface area contributed by atoms with Crippen LogP contribution in [0.5, 0.6) is 0 Å². The van der Waals surface area contributed by atoms with Crippen LogP contribution in [0.25, 0.3) is 0 Å². The van der Waals surface area contributed by atoms with Crippen molar-refractivity contribution in [1.82, 2.24) is 19.6 Å². The number of likely N-dealkylation sites (tertiary alicyclic amines) is 2. The van der Waals surface area contributed by atoms with Gasteiger partial charge in [-0.2, -0.15) is 5.10 Å². The third-order valence-corrected chi connectivity index (χ3v) is 5.33. The molecule has 3 fully saturated rings. The number of hydrogen-bond donors (Lipinski definition) is 1. The summed E-state index contributed by atoms with van der Waals surface area (Å²) in [4.78, 5) is 27.1. The number of carbonyl (C=O) groups is 2. The number of primary amides is 1. The van der Waals surface area contributed by atoms with Crippen LogP contribution in [0.15, 0.2) is 12.3 Å². The summed E-state index contributed by atoms with van der Waals surface area (Å²) in [5.74, 6) is 0.227. The van der Waals surface area contributed by atoms with Crippen LogP contribution in [-0.4, -0.2) is 57.7 Å². The van der Waals surface area contributed by atoms with Crippen LogP contribution in [0.2, 0.25) is 0 Å². The lowest BCUT2D eigenvalue weighted by Gasteiger charge is -2.42. The van der Waals surface area contributed by atoms with Crippen molar-refractivity contribution < 1.29 is 9.59 Å². The molecule has 0 spiro atoms. The number of urea groups is 1. The van der Waals surface area contributed by atoms with E-state index >= 15 is 0 Å². The Bertz CT molecular complexity index is 610. The highest BCUT2D eigenvalue weighted by molar-refractivity contribution is 5.82. The minimum absolute atomic E-state index is 0.0452. The molecule has 2 aliphatic heterocycles. The second kappa shape index (κ2) is 5.54. The summed E-state index contributed by atoms with van der Waals surface area (Å²) in [6.45, 7) is 2.45. The van der Waals surface area contributed by atoms with Crippen LogP contribution in [0.1, 0.15) is 43.3 Å². The molecule has 2 saturated heterocycles. The molecule has 0 atom stereocenters. The summed E-state index contributed by atoms with van der Waals surface area (Å²) in [6.07, 6.45) is 6.34. The maximum atomic E-state index is 12.4. The molecule has 3 heterocycles. The monoisotopic (exact) mass is 317 g/mol. The van der Waals surface area contributed by atoms with Gasteiger partial charge < -0.3 is 15.5 Å². The zero-order chi connectivity index (χ0) is 16.0. The van der Waals surface area contributed by atoms with Crippen LogP contribution in [0.4, 0.5) is 4.79 Å². The van der Waals surface area contributed by atoms with Gasteiger partial charge >= 0.3 is 6.03 Å². The molecule has 7 heteroatoms. The molecule has 3 amide bonds. The predicted molar refractivity (Wildman–Crippen MR) is 83.7 cm³/mol. The highest BCUT2D eigenvalue weighted by Crippen LogP contribution is 2.41. The third kappa shape index (κ3) is 2.68. The standard InChI is InChI=1S/C16H23N5O2/c17-15(22)12-9-20(10-12)16(23)19-7-4-13(5-8-19)21-14(3-6-18-21)11-1-2-11/h3,6,11-13H,1-2,4-5,7-10H2,(H2,17,22). The summed E-state index contributed by atoms with van der Waals surface area (Å²) in [5, 5.41) is 4.51. The summed E-state index contributed by atoms with van der Waals surface area (Å²) in [7, 11) is 0. The van der Waals surface area contributed by atoms with Crippen LogP contribution in [-0.2, 0) is 4.79 Å². The largest absolute Gasteiger partial charge is 0.369 e. The van der Waals surface area contributed by atoms with Gasteiger partial charge in [-0.3, -0.25) is 9.48 Å². The molecule has 7 nitrogen and oxygen atoms in total. The number of carbonyl (C=O) groups excluding carboxylic acids is 2. The van der Waals surface area contributed by atoms with Crippen molar-refractivity contribution in [3.63, 3.8) is 0 Å². The van der Waals surface area contributed by atoms with Gasteiger partial charge in [0.05, 0.1) is 12.0 Å². The summed E-state index contributed by atoms with van der Waals surface area (Å²) >= 11 is 0. The van der Waals surface area contributed by atoms with Crippen molar-refractivity contribution >= 4 is 11.9 Å². The number of aromatic nitrogens is 2. The maximum Gasteiger partial charge on any atom is 0.320 e. The second-order valence-corrected chi connectivity index (χ2v) is 6.98. The fourth-order valence-corrected chi connectivity index (χ4v) is 3.65. The van der Waals surface area contributed by atoms with Gasteiger partial charge in [-0.15, -0.1) is 0 Å². The van der Waals surface area contributed by atoms with E-state index in [0.717, 1.165) is 25.9 Å². The normalized spacial score (nSPS) is 23.0. The molecule has 0 unspecified atom stereocenters. The van der Waals surface area contributed by atoms with Gasteiger partial charge in [0.15, 0.2) is 0 Å². The third-order valence-electron chi connectivity index (χ3n) is 5.33. The molecule has 1 aromatic rings. The van der Waals surface area contributed by atoms with Crippen molar-refractivity contribution in [2.45, 2.75) is 37.6 Å². The first kappa shape index (κ1) is 14.5. The molecule has 2 N–H and O–H groups in total. The van der Waals surface area contributed by atoms with Gasteiger partial charge in [0, 0.05) is 44.0 Å². The van der Waals surface area contributed by atoms with Gasteiger partial charge in [-0.05, 0) is 31.7 Å². The lowest BCUT2D eigenvalue weighted by Crippen LogP contribution is -2.59. The molecular formula is C16H23N5O2. The lowest BCUT2D eigenvalue weighted by atomic mass is 9.99. The van der Waals surface area contributed by atoms with E-state index in [1.807, 2.05) is 11.1 Å². The van der Waals surface area contributed by atoms with Gasteiger partial charge in [0.2, 0.25) is 5.91 Å². The Balaban J connectivity index is 1.32. The summed E-state index contributed by atoms with van der Waals surface area (Å²) in [5.41, 5.74) is 6.62. The maximum absolute atomic E-state index is 12.4. The van der Waals surface area contributed by atoms with E-state index in [1.54, 1.807) is 4.90 Å². The Morgan fingerprint density at radius 2 is 1.78 bits per heavy atom. The Hall–Kier alpha value is -2.05. The number of hydrogen-bond acceptors (Lipinski definition) is 3. The van der Waals surface area contributed by atoms with E-state index < -0.39 is 0 Å². The lowest BCUT2D eigenvalue weighted by molar-refractivity contribution is -0.125. The first-order valence-corrected chi connectivity index (χ1v) is 8.50. The Labute approximate surface area is 135 Å².